The van der Waals surface area contributed by atoms with Crippen molar-refractivity contribution in [1.82, 2.24) is 9.88 Å². The Morgan fingerprint density at radius 2 is 2.00 bits per heavy atom. The Labute approximate surface area is 117 Å². The predicted octanol–water partition coefficient (Wildman–Crippen LogP) is 2.22. The highest BCUT2D eigenvalue weighted by molar-refractivity contribution is 6.35. The van der Waals surface area contributed by atoms with Crippen LogP contribution < -0.4 is 10.6 Å². The van der Waals surface area contributed by atoms with Gasteiger partial charge in [0.1, 0.15) is 0 Å². The summed E-state index contributed by atoms with van der Waals surface area (Å²) in [6, 6.07) is 5.73. The van der Waals surface area contributed by atoms with Gasteiger partial charge in [0.05, 0.1) is 16.2 Å². The lowest BCUT2D eigenvalue weighted by atomic mass is 10.1. The normalized spacial score (nSPS) is 17.1. The van der Waals surface area contributed by atoms with Crippen LogP contribution in [-0.4, -0.2) is 43.1 Å². The van der Waals surface area contributed by atoms with Crippen LogP contribution in [0.1, 0.15) is 0 Å². The molecule has 0 radical (unpaired) electrons. The Hall–Kier alpha value is -1.52. The summed E-state index contributed by atoms with van der Waals surface area (Å²) in [4.78, 5) is 9.10. The van der Waals surface area contributed by atoms with Gasteiger partial charge in [-0.1, -0.05) is 11.6 Å². The van der Waals surface area contributed by atoms with E-state index < -0.39 is 0 Å². The van der Waals surface area contributed by atoms with Gasteiger partial charge in [-0.25, -0.2) is 0 Å². The van der Waals surface area contributed by atoms with Gasteiger partial charge in [0.2, 0.25) is 0 Å². The van der Waals surface area contributed by atoms with Crippen LogP contribution >= 0.6 is 11.6 Å². The molecule has 2 N–H and O–H groups in total. The molecule has 1 aliphatic heterocycles. The van der Waals surface area contributed by atoms with Crippen LogP contribution in [0.25, 0.3) is 10.9 Å². The molecule has 3 rings (SSSR count). The number of nitrogen functional groups attached to an aromatic ring is 1. The van der Waals surface area contributed by atoms with Crippen LogP contribution in [-0.2, 0) is 0 Å². The van der Waals surface area contributed by atoms with Crippen molar-refractivity contribution in [3.8, 4) is 0 Å². The number of fused-ring (bicyclic) bond motifs is 1. The summed E-state index contributed by atoms with van der Waals surface area (Å²) in [5.74, 6) is 0. The lowest BCUT2D eigenvalue weighted by molar-refractivity contribution is 0.313. The zero-order valence-electron chi connectivity index (χ0n) is 10.9. The first-order chi connectivity index (χ1) is 9.16. The molecular formula is C14H17ClN4. The van der Waals surface area contributed by atoms with Crippen LogP contribution in [0.3, 0.4) is 0 Å². The van der Waals surface area contributed by atoms with Crippen LogP contribution in [0.4, 0.5) is 11.4 Å². The maximum absolute atomic E-state index is 6.40. The number of anilines is 2. The summed E-state index contributed by atoms with van der Waals surface area (Å²) in [6.07, 6.45) is 1.79. The van der Waals surface area contributed by atoms with Gasteiger partial charge in [0.15, 0.2) is 0 Å². The number of nitrogens with zero attached hydrogens (tertiary/aromatic N) is 3. The molecule has 0 atom stereocenters. The van der Waals surface area contributed by atoms with E-state index in [0.29, 0.717) is 10.7 Å². The fraction of sp³-hybridized carbons (Fsp3) is 0.357. The van der Waals surface area contributed by atoms with Crippen molar-refractivity contribution in [2.24, 2.45) is 0 Å². The van der Waals surface area contributed by atoms with Crippen LogP contribution in [0.2, 0.25) is 5.02 Å². The number of nitrogens with two attached hydrogens (primary N) is 1. The summed E-state index contributed by atoms with van der Waals surface area (Å²) in [5, 5.41) is 1.66. The third kappa shape index (κ3) is 2.22. The average Bonchev–Trinajstić information content (AvgIpc) is 2.41. The van der Waals surface area contributed by atoms with Crippen molar-refractivity contribution in [2.75, 3.05) is 43.9 Å². The van der Waals surface area contributed by atoms with Gasteiger partial charge in [0.25, 0.3) is 0 Å². The van der Waals surface area contributed by atoms with Gasteiger partial charge in [-0.2, -0.15) is 0 Å². The van der Waals surface area contributed by atoms with E-state index in [2.05, 4.69) is 21.8 Å². The standard InChI is InChI=1S/C14H17ClN4/c1-18-5-7-19(8-6-18)14-11(15)9-12(16)10-3-2-4-17-13(10)14/h2-4,9H,5-8,16H2,1H3. The second-order valence-corrected chi connectivity index (χ2v) is 5.39. The number of benzene rings is 1. The first-order valence-corrected chi connectivity index (χ1v) is 6.81. The number of likely N-dealkylation sites (N-methyl/N-ethyl adjacent to an activating group) is 1. The van der Waals surface area contributed by atoms with Crippen molar-refractivity contribution in [2.45, 2.75) is 0 Å². The Bertz CT molecular complexity index is 606. The molecule has 2 heterocycles. The molecule has 19 heavy (non-hydrogen) atoms. The number of rotatable bonds is 1. The topological polar surface area (TPSA) is 45.4 Å². The van der Waals surface area contributed by atoms with Crippen molar-refractivity contribution >= 4 is 33.9 Å². The third-order valence-electron chi connectivity index (χ3n) is 3.67. The molecule has 2 aromatic rings. The highest BCUT2D eigenvalue weighted by atomic mass is 35.5. The number of hydrogen-bond acceptors (Lipinski definition) is 4. The van der Waals surface area contributed by atoms with Crippen LogP contribution in [0, 0.1) is 0 Å². The molecule has 4 nitrogen and oxygen atoms in total. The van der Waals surface area contributed by atoms with E-state index in [0.717, 1.165) is 42.8 Å². The van der Waals surface area contributed by atoms with Crippen molar-refractivity contribution in [3.05, 3.63) is 29.4 Å². The SMILES string of the molecule is CN1CCN(c2c(Cl)cc(N)c3cccnc23)CC1. The molecule has 1 saturated heterocycles. The number of halogens is 1. The molecule has 0 unspecified atom stereocenters. The van der Waals surface area contributed by atoms with E-state index in [1.54, 1.807) is 6.20 Å². The number of piperazine rings is 1. The zero-order valence-corrected chi connectivity index (χ0v) is 11.7. The average molecular weight is 277 g/mol. The molecule has 0 bridgehead atoms. The second-order valence-electron chi connectivity index (χ2n) is 4.99. The molecule has 1 aliphatic rings. The summed E-state index contributed by atoms with van der Waals surface area (Å²) in [5.41, 5.74) is 8.63. The Morgan fingerprint density at radius 1 is 1.26 bits per heavy atom. The molecule has 100 valence electrons. The van der Waals surface area contributed by atoms with Crippen molar-refractivity contribution in [3.63, 3.8) is 0 Å². The smallest absolute Gasteiger partial charge is 0.0971 e. The number of hydrogen-bond donors (Lipinski definition) is 1. The Kier molecular flexibility index (Phi) is 3.21. The van der Waals surface area contributed by atoms with Crippen molar-refractivity contribution < 1.29 is 0 Å². The molecule has 0 amide bonds. The molecular weight excluding hydrogens is 260 g/mol. The maximum atomic E-state index is 6.40. The summed E-state index contributed by atoms with van der Waals surface area (Å²) >= 11 is 6.40. The Morgan fingerprint density at radius 3 is 2.74 bits per heavy atom. The molecule has 5 heteroatoms. The third-order valence-corrected chi connectivity index (χ3v) is 3.96. The zero-order chi connectivity index (χ0) is 13.4. The van der Waals surface area contributed by atoms with E-state index in [1.165, 1.54) is 0 Å². The van der Waals surface area contributed by atoms with E-state index in [1.807, 2.05) is 18.2 Å². The highest BCUT2D eigenvalue weighted by Crippen LogP contribution is 2.36. The van der Waals surface area contributed by atoms with Gasteiger partial charge < -0.3 is 15.5 Å². The van der Waals surface area contributed by atoms with Crippen molar-refractivity contribution in [1.29, 1.82) is 0 Å². The van der Waals surface area contributed by atoms with E-state index in [4.69, 9.17) is 17.3 Å². The van der Waals surface area contributed by atoms with Crippen LogP contribution in [0.15, 0.2) is 24.4 Å². The minimum absolute atomic E-state index is 0.686. The summed E-state index contributed by atoms with van der Waals surface area (Å²) < 4.78 is 0. The quantitative estimate of drug-likeness (QED) is 0.812. The first kappa shape index (κ1) is 12.5. The second kappa shape index (κ2) is 4.87. The van der Waals surface area contributed by atoms with Gasteiger partial charge in [-0.05, 0) is 25.2 Å². The predicted molar refractivity (Wildman–Crippen MR) is 80.9 cm³/mol. The molecule has 1 aromatic carbocycles. The fourth-order valence-corrected chi connectivity index (χ4v) is 2.88. The van der Waals surface area contributed by atoms with Gasteiger partial charge in [0, 0.05) is 43.4 Å². The molecule has 0 aliphatic carbocycles. The monoisotopic (exact) mass is 276 g/mol. The van der Waals surface area contributed by atoms with Crippen LogP contribution in [0.5, 0.6) is 0 Å². The van der Waals surface area contributed by atoms with Gasteiger partial charge in [-0.3, -0.25) is 4.98 Å². The minimum atomic E-state index is 0.686. The lowest BCUT2D eigenvalue weighted by Crippen LogP contribution is -2.44. The summed E-state index contributed by atoms with van der Waals surface area (Å²) in [7, 11) is 2.14. The first-order valence-electron chi connectivity index (χ1n) is 6.43. The maximum Gasteiger partial charge on any atom is 0.0971 e. The fourth-order valence-electron chi connectivity index (χ4n) is 2.55. The van der Waals surface area contributed by atoms with Gasteiger partial charge in [-0.15, -0.1) is 0 Å². The van der Waals surface area contributed by atoms with E-state index >= 15 is 0 Å². The Balaban J connectivity index is 2.12. The summed E-state index contributed by atoms with van der Waals surface area (Å²) in [6.45, 7) is 4.00. The molecule has 0 saturated carbocycles. The molecule has 1 fully saturated rings. The largest absolute Gasteiger partial charge is 0.398 e. The minimum Gasteiger partial charge on any atom is -0.398 e. The molecule has 1 aromatic heterocycles. The number of pyridine rings is 1. The van der Waals surface area contributed by atoms with E-state index in [9.17, 15) is 0 Å². The molecule has 0 spiro atoms. The number of aromatic nitrogens is 1. The highest BCUT2D eigenvalue weighted by Gasteiger charge is 2.20. The lowest BCUT2D eigenvalue weighted by Gasteiger charge is -2.35. The van der Waals surface area contributed by atoms with Gasteiger partial charge >= 0.3 is 0 Å². The van der Waals surface area contributed by atoms with E-state index in [-0.39, 0.29) is 0 Å².